The van der Waals surface area contributed by atoms with E-state index in [1.165, 1.54) is 16.0 Å². The van der Waals surface area contributed by atoms with Crippen LogP contribution in [0.15, 0.2) is 54.6 Å². The number of piperazine rings is 1. The number of nitrogens with zero attached hydrogens (tertiary/aromatic N) is 2. The van der Waals surface area contributed by atoms with Gasteiger partial charge in [0.15, 0.2) is 0 Å². The summed E-state index contributed by atoms with van der Waals surface area (Å²) in [6.45, 7) is 5.28. The van der Waals surface area contributed by atoms with Crippen LogP contribution in [0.3, 0.4) is 0 Å². The number of quaternary nitrogens is 1. The van der Waals surface area contributed by atoms with Crippen LogP contribution in [0.2, 0.25) is 0 Å². The molecule has 28 heavy (non-hydrogen) atoms. The molecule has 0 saturated carbocycles. The Morgan fingerprint density at radius 1 is 1.07 bits per heavy atom. The van der Waals surface area contributed by atoms with Crippen molar-refractivity contribution in [3.63, 3.8) is 0 Å². The van der Waals surface area contributed by atoms with Crippen molar-refractivity contribution < 1.29 is 14.4 Å². The molecule has 1 saturated heterocycles. The van der Waals surface area contributed by atoms with Crippen molar-refractivity contribution in [2.45, 2.75) is 13.0 Å². The quantitative estimate of drug-likeness (QED) is 0.759. The molecule has 0 aliphatic carbocycles. The van der Waals surface area contributed by atoms with Crippen LogP contribution in [0.5, 0.6) is 5.75 Å². The molecule has 0 atom stereocenters. The van der Waals surface area contributed by atoms with E-state index >= 15 is 0 Å². The predicted molar refractivity (Wildman–Crippen MR) is 108 cm³/mol. The Bertz CT molecular complexity index is 1030. The summed E-state index contributed by atoms with van der Waals surface area (Å²) in [5, 5.41) is 1.06. The Morgan fingerprint density at radius 2 is 1.93 bits per heavy atom. The molecule has 1 N–H and O–H groups in total. The fourth-order valence-corrected chi connectivity index (χ4v) is 4.19. The number of benzene rings is 2. The van der Waals surface area contributed by atoms with Gasteiger partial charge in [-0.25, -0.2) is 4.98 Å². The zero-order valence-electron chi connectivity index (χ0n) is 15.9. The summed E-state index contributed by atoms with van der Waals surface area (Å²) < 4.78 is 5.60. The van der Waals surface area contributed by atoms with Gasteiger partial charge in [0.2, 0.25) is 0 Å². The number of para-hydroxylation sites is 1. The minimum atomic E-state index is 0.0412. The van der Waals surface area contributed by atoms with Gasteiger partial charge in [0, 0.05) is 17.4 Å². The molecular formula is C23H24N3O2+. The fraction of sp³-hybridized carbons (Fsp3) is 0.304. The zero-order valence-corrected chi connectivity index (χ0v) is 15.9. The summed E-state index contributed by atoms with van der Waals surface area (Å²) in [6.07, 6.45) is 1.01. The van der Waals surface area contributed by atoms with Gasteiger partial charge in [-0.2, -0.15) is 0 Å². The van der Waals surface area contributed by atoms with Crippen molar-refractivity contribution in [2.75, 3.05) is 32.8 Å². The highest BCUT2D eigenvalue weighted by Crippen LogP contribution is 2.25. The SMILES string of the molecule is O=C(c1ccc2ccccc2n1)N1CC[NH+](Cc2ccc3c(c2)CCO3)CC1. The van der Waals surface area contributed by atoms with Gasteiger partial charge in [0.25, 0.3) is 5.91 Å². The van der Waals surface area contributed by atoms with Gasteiger partial charge in [-0.1, -0.05) is 24.3 Å². The first-order chi connectivity index (χ1) is 13.8. The summed E-state index contributed by atoms with van der Waals surface area (Å²) in [4.78, 5) is 20.9. The van der Waals surface area contributed by atoms with Gasteiger partial charge in [0.05, 0.1) is 38.3 Å². The van der Waals surface area contributed by atoms with E-state index in [-0.39, 0.29) is 5.91 Å². The summed E-state index contributed by atoms with van der Waals surface area (Å²) in [7, 11) is 0. The van der Waals surface area contributed by atoms with Gasteiger partial charge in [0.1, 0.15) is 18.0 Å². The lowest BCUT2D eigenvalue weighted by atomic mass is 10.1. The first-order valence-electron chi connectivity index (χ1n) is 9.99. The van der Waals surface area contributed by atoms with Crippen molar-refractivity contribution in [1.82, 2.24) is 9.88 Å². The van der Waals surface area contributed by atoms with Crippen LogP contribution in [0.4, 0.5) is 0 Å². The lowest BCUT2D eigenvalue weighted by molar-refractivity contribution is -0.917. The van der Waals surface area contributed by atoms with Crippen LogP contribution in [0.25, 0.3) is 10.9 Å². The number of pyridine rings is 1. The summed E-state index contributed by atoms with van der Waals surface area (Å²) in [5.74, 6) is 1.08. The number of aromatic nitrogens is 1. The Kier molecular flexibility index (Phi) is 4.45. The average Bonchev–Trinajstić information content (AvgIpc) is 3.21. The Morgan fingerprint density at radius 3 is 2.82 bits per heavy atom. The largest absolute Gasteiger partial charge is 0.493 e. The topological polar surface area (TPSA) is 46.9 Å². The monoisotopic (exact) mass is 374 g/mol. The third-order valence-electron chi connectivity index (χ3n) is 5.78. The standard InChI is InChI=1S/C23H23N3O2/c27-23(21-7-6-18-3-1-2-4-20(18)24-21)26-12-10-25(11-13-26)16-17-5-8-22-19(15-17)9-14-28-22/h1-8,15H,9-14,16H2/p+1. The smallest absolute Gasteiger partial charge is 0.272 e. The van der Waals surface area contributed by atoms with Gasteiger partial charge in [-0.3, -0.25) is 4.79 Å². The van der Waals surface area contributed by atoms with Crippen LogP contribution < -0.4 is 9.64 Å². The van der Waals surface area contributed by atoms with E-state index in [1.54, 1.807) is 0 Å². The van der Waals surface area contributed by atoms with Crippen LogP contribution in [0.1, 0.15) is 21.6 Å². The number of rotatable bonds is 3. The number of fused-ring (bicyclic) bond motifs is 2. The molecule has 3 aromatic rings. The van der Waals surface area contributed by atoms with Crippen molar-refractivity contribution >= 4 is 16.8 Å². The Balaban J connectivity index is 1.22. The molecule has 0 unspecified atom stereocenters. The lowest BCUT2D eigenvalue weighted by Crippen LogP contribution is -3.13. The second kappa shape index (κ2) is 7.24. The van der Waals surface area contributed by atoms with Crippen molar-refractivity contribution in [2.24, 2.45) is 0 Å². The highest BCUT2D eigenvalue weighted by molar-refractivity contribution is 5.94. The zero-order chi connectivity index (χ0) is 18.9. The molecule has 3 heterocycles. The molecule has 2 aliphatic rings. The fourth-order valence-electron chi connectivity index (χ4n) is 4.19. The summed E-state index contributed by atoms with van der Waals surface area (Å²) in [5.41, 5.74) is 4.10. The minimum Gasteiger partial charge on any atom is -0.493 e. The molecule has 1 fully saturated rings. The first-order valence-corrected chi connectivity index (χ1v) is 9.99. The molecule has 0 spiro atoms. The van der Waals surface area contributed by atoms with Gasteiger partial charge < -0.3 is 14.5 Å². The number of carbonyl (C=O) groups is 1. The Labute approximate surface area is 164 Å². The number of ether oxygens (including phenoxy) is 1. The van der Waals surface area contributed by atoms with Crippen molar-refractivity contribution in [1.29, 1.82) is 0 Å². The third-order valence-corrected chi connectivity index (χ3v) is 5.78. The van der Waals surface area contributed by atoms with Crippen molar-refractivity contribution in [3.8, 4) is 5.75 Å². The minimum absolute atomic E-state index is 0.0412. The number of nitrogens with one attached hydrogen (secondary N) is 1. The third kappa shape index (κ3) is 3.34. The van der Waals surface area contributed by atoms with Crippen LogP contribution in [0, 0.1) is 0 Å². The second-order valence-electron chi connectivity index (χ2n) is 7.65. The van der Waals surface area contributed by atoms with E-state index in [2.05, 4.69) is 23.2 Å². The van der Waals surface area contributed by atoms with E-state index in [4.69, 9.17) is 4.74 Å². The molecule has 1 aromatic heterocycles. The molecule has 0 radical (unpaired) electrons. The maximum absolute atomic E-state index is 12.9. The molecule has 5 rings (SSSR count). The molecule has 2 aromatic carbocycles. The van der Waals surface area contributed by atoms with Crippen molar-refractivity contribution in [3.05, 3.63) is 71.4 Å². The number of carbonyl (C=O) groups excluding carboxylic acids is 1. The van der Waals surface area contributed by atoms with Gasteiger partial charge in [-0.05, 0) is 35.9 Å². The first kappa shape index (κ1) is 17.2. The molecule has 5 heteroatoms. The number of hydrogen-bond donors (Lipinski definition) is 1. The highest BCUT2D eigenvalue weighted by Gasteiger charge is 2.25. The number of hydrogen-bond acceptors (Lipinski definition) is 3. The van der Waals surface area contributed by atoms with E-state index in [9.17, 15) is 4.79 Å². The summed E-state index contributed by atoms with van der Waals surface area (Å²) in [6, 6.07) is 18.3. The van der Waals surface area contributed by atoms with Crippen LogP contribution >= 0.6 is 0 Å². The molecule has 1 amide bonds. The molecule has 142 valence electrons. The van der Waals surface area contributed by atoms with Gasteiger partial charge >= 0.3 is 0 Å². The van der Waals surface area contributed by atoms with Gasteiger partial charge in [-0.15, -0.1) is 0 Å². The molecule has 0 bridgehead atoms. The van der Waals surface area contributed by atoms with Crippen LogP contribution in [-0.4, -0.2) is 48.6 Å². The molecule has 2 aliphatic heterocycles. The summed E-state index contributed by atoms with van der Waals surface area (Å²) >= 11 is 0. The highest BCUT2D eigenvalue weighted by atomic mass is 16.5. The lowest BCUT2D eigenvalue weighted by Gasteiger charge is -2.32. The van der Waals surface area contributed by atoms with E-state index in [0.717, 1.165) is 62.4 Å². The molecule has 5 nitrogen and oxygen atoms in total. The van der Waals surface area contributed by atoms with E-state index in [1.807, 2.05) is 41.3 Å². The predicted octanol–water partition coefficient (Wildman–Crippen LogP) is 1.71. The maximum atomic E-state index is 12.9. The van der Waals surface area contributed by atoms with E-state index in [0.29, 0.717) is 5.69 Å². The molecular weight excluding hydrogens is 350 g/mol. The average molecular weight is 374 g/mol. The normalized spacial score (nSPS) is 16.8. The van der Waals surface area contributed by atoms with E-state index < -0.39 is 0 Å². The van der Waals surface area contributed by atoms with Crippen LogP contribution in [-0.2, 0) is 13.0 Å². The maximum Gasteiger partial charge on any atom is 0.272 e. The Hall–Kier alpha value is -2.92. The number of amides is 1. The second-order valence-corrected chi connectivity index (χ2v) is 7.65.